The van der Waals surface area contributed by atoms with Gasteiger partial charge in [-0.3, -0.25) is 0 Å². The minimum absolute atomic E-state index is 0.0628. The summed E-state index contributed by atoms with van der Waals surface area (Å²) in [5.74, 6) is 0.697. The van der Waals surface area contributed by atoms with Crippen LogP contribution in [0.3, 0.4) is 0 Å². The van der Waals surface area contributed by atoms with Crippen molar-refractivity contribution in [2.45, 2.75) is 38.1 Å². The van der Waals surface area contributed by atoms with Gasteiger partial charge in [-0.05, 0) is 30.7 Å². The zero-order chi connectivity index (χ0) is 17.8. The van der Waals surface area contributed by atoms with Crippen LogP contribution in [0.2, 0.25) is 0 Å². The van der Waals surface area contributed by atoms with Crippen LogP contribution in [0.5, 0.6) is 0 Å². The van der Waals surface area contributed by atoms with Gasteiger partial charge in [0.1, 0.15) is 0 Å². The summed E-state index contributed by atoms with van der Waals surface area (Å²) in [6.07, 6.45) is 13.8. The van der Waals surface area contributed by atoms with E-state index in [1.807, 2.05) is 6.08 Å². The summed E-state index contributed by atoms with van der Waals surface area (Å²) in [4.78, 5) is 2.46. The Kier molecular flexibility index (Phi) is 5.42. The second-order valence-electron chi connectivity index (χ2n) is 7.32. The number of hydrogen-bond donors (Lipinski definition) is 1. The van der Waals surface area contributed by atoms with Gasteiger partial charge in [-0.2, -0.15) is 0 Å². The third-order valence-electron chi connectivity index (χ3n) is 5.58. The second-order valence-corrected chi connectivity index (χ2v) is 7.32. The van der Waals surface area contributed by atoms with E-state index in [1.165, 1.54) is 5.56 Å². The van der Waals surface area contributed by atoms with Crippen LogP contribution in [0.25, 0.3) is 0 Å². The van der Waals surface area contributed by atoms with Crippen molar-refractivity contribution in [3.05, 3.63) is 72.1 Å². The van der Waals surface area contributed by atoms with Gasteiger partial charge >= 0.3 is 0 Å². The van der Waals surface area contributed by atoms with Gasteiger partial charge in [0.05, 0.1) is 13.2 Å². The average Bonchev–Trinajstić information content (AvgIpc) is 2.69. The van der Waals surface area contributed by atoms with Gasteiger partial charge in [0.25, 0.3) is 0 Å². The number of benzene rings is 1. The molecule has 0 saturated carbocycles. The highest BCUT2D eigenvalue weighted by molar-refractivity contribution is 5.29. The molecule has 1 aromatic carbocycles. The average molecular weight is 352 g/mol. The van der Waals surface area contributed by atoms with Crippen molar-refractivity contribution < 1.29 is 9.47 Å². The van der Waals surface area contributed by atoms with E-state index in [0.717, 1.165) is 44.7 Å². The Morgan fingerprint density at radius 1 is 1.04 bits per heavy atom. The van der Waals surface area contributed by atoms with Crippen LogP contribution in [-0.2, 0) is 16.0 Å². The molecule has 138 valence electrons. The molecule has 3 atom stereocenters. The van der Waals surface area contributed by atoms with E-state index >= 15 is 0 Å². The zero-order valence-electron chi connectivity index (χ0n) is 15.2. The fourth-order valence-corrected chi connectivity index (χ4v) is 4.22. The highest BCUT2D eigenvalue weighted by Crippen LogP contribution is 2.37. The minimum atomic E-state index is -0.0628. The van der Waals surface area contributed by atoms with Crippen molar-refractivity contribution in [1.29, 1.82) is 0 Å². The maximum atomic E-state index is 6.28. The molecule has 26 heavy (non-hydrogen) atoms. The number of allylic oxidation sites excluding steroid dienone is 3. The van der Waals surface area contributed by atoms with Gasteiger partial charge in [-0.25, -0.2) is 0 Å². The summed E-state index contributed by atoms with van der Waals surface area (Å²) in [7, 11) is 0. The maximum Gasteiger partial charge on any atom is 0.157 e. The number of nitrogens with two attached hydrogens (primary N) is 1. The Morgan fingerprint density at radius 2 is 1.85 bits per heavy atom. The first kappa shape index (κ1) is 17.4. The summed E-state index contributed by atoms with van der Waals surface area (Å²) >= 11 is 0. The van der Waals surface area contributed by atoms with E-state index in [4.69, 9.17) is 15.2 Å². The summed E-state index contributed by atoms with van der Waals surface area (Å²) < 4.78 is 11.5. The SMILES string of the molecule is NC1=CC=CC2C1C=CN(Cc1ccccc1)C2CCC1OCCCO1. The van der Waals surface area contributed by atoms with Gasteiger partial charge < -0.3 is 20.1 Å². The Morgan fingerprint density at radius 3 is 2.65 bits per heavy atom. The van der Waals surface area contributed by atoms with Crippen molar-refractivity contribution in [3.8, 4) is 0 Å². The van der Waals surface area contributed by atoms with Crippen LogP contribution in [0.4, 0.5) is 0 Å². The Labute approximate surface area is 156 Å². The van der Waals surface area contributed by atoms with Crippen LogP contribution in [-0.4, -0.2) is 30.4 Å². The molecule has 1 aliphatic carbocycles. The Bertz CT molecular complexity index is 677. The number of ether oxygens (including phenoxy) is 2. The molecule has 0 aromatic heterocycles. The predicted octanol–water partition coefficient (Wildman–Crippen LogP) is 3.57. The molecular weight excluding hydrogens is 324 g/mol. The summed E-state index contributed by atoms with van der Waals surface area (Å²) in [6.45, 7) is 2.53. The molecule has 1 aromatic rings. The molecule has 1 saturated heterocycles. The van der Waals surface area contributed by atoms with Crippen molar-refractivity contribution in [3.63, 3.8) is 0 Å². The van der Waals surface area contributed by atoms with Crippen molar-refractivity contribution in [2.24, 2.45) is 17.6 Å². The molecule has 4 rings (SSSR count). The van der Waals surface area contributed by atoms with Crippen molar-refractivity contribution in [1.82, 2.24) is 4.90 Å². The zero-order valence-corrected chi connectivity index (χ0v) is 15.2. The van der Waals surface area contributed by atoms with Crippen LogP contribution in [0.1, 0.15) is 24.8 Å². The number of hydrogen-bond acceptors (Lipinski definition) is 4. The molecule has 2 N–H and O–H groups in total. The fourth-order valence-electron chi connectivity index (χ4n) is 4.22. The highest BCUT2D eigenvalue weighted by atomic mass is 16.7. The fraction of sp³-hybridized carbons (Fsp3) is 0.455. The van der Waals surface area contributed by atoms with Crippen LogP contribution in [0.15, 0.2) is 66.5 Å². The monoisotopic (exact) mass is 352 g/mol. The van der Waals surface area contributed by atoms with Gasteiger partial charge in [-0.15, -0.1) is 0 Å². The molecule has 0 spiro atoms. The first-order valence-electron chi connectivity index (χ1n) is 9.66. The highest BCUT2D eigenvalue weighted by Gasteiger charge is 2.35. The van der Waals surface area contributed by atoms with E-state index in [9.17, 15) is 0 Å². The Balaban J connectivity index is 1.51. The lowest BCUT2D eigenvalue weighted by Gasteiger charge is -2.43. The molecule has 3 unspecified atom stereocenters. The van der Waals surface area contributed by atoms with E-state index < -0.39 is 0 Å². The van der Waals surface area contributed by atoms with Crippen LogP contribution >= 0.6 is 0 Å². The summed E-state index contributed by atoms with van der Waals surface area (Å²) in [5.41, 5.74) is 8.57. The predicted molar refractivity (Wildman–Crippen MR) is 103 cm³/mol. The lowest BCUT2D eigenvalue weighted by atomic mass is 9.76. The normalized spacial score (nSPS) is 28.7. The van der Waals surface area contributed by atoms with Crippen molar-refractivity contribution in [2.75, 3.05) is 13.2 Å². The third kappa shape index (κ3) is 3.87. The first-order valence-corrected chi connectivity index (χ1v) is 9.66. The standard InChI is InChI=1S/C22H28N2O2/c23-20-9-4-8-19-18(20)12-13-24(16-17-6-2-1-3-7-17)21(19)10-11-22-25-14-5-15-26-22/h1-4,6-9,12-13,18-19,21-22H,5,10-11,14-16,23H2. The van der Waals surface area contributed by atoms with Gasteiger partial charge in [0.15, 0.2) is 6.29 Å². The third-order valence-corrected chi connectivity index (χ3v) is 5.58. The molecule has 3 aliphatic rings. The van der Waals surface area contributed by atoms with Crippen LogP contribution in [0, 0.1) is 11.8 Å². The second kappa shape index (κ2) is 8.11. The molecule has 0 amide bonds. The number of nitrogens with zero attached hydrogens (tertiary/aromatic N) is 1. The molecule has 0 radical (unpaired) electrons. The summed E-state index contributed by atoms with van der Waals surface area (Å²) in [6, 6.07) is 11.0. The molecule has 0 bridgehead atoms. The molecule has 4 heteroatoms. The van der Waals surface area contributed by atoms with Crippen LogP contribution < -0.4 is 5.73 Å². The van der Waals surface area contributed by atoms with Gasteiger partial charge in [0.2, 0.25) is 0 Å². The quantitative estimate of drug-likeness (QED) is 0.880. The van der Waals surface area contributed by atoms with Gasteiger partial charge in [0, 0.05) is 36.5 Å². The molecule has 2 aliphatic heterocycles. The smallest absolute Gasteiger partial charge is 0.157 e. The van der Waals surface area contributed by atoms with E-state index in [-0.39, 0.29) is 6.29 Å². The largest absolute Gasteiger partial charge is 0.402 e. The molecule has 2 heterocycles. The first-order chi connectivity index (χ1) is 12.8. The lowest BCUT2D eigenvalue weighted by molar-refractivity contribution is -0.183. The van der Waals surface area contributed by atoms with E-state index in [2.05, 4.69) is 59.7 Å². The summed E-state index contributed by atoms with van der Waals surface area (Å²) in [5, 5.41) is 0. The van der Waals surface area contributed by atoms with Gasteiger partial charge in [-0.1, -0.05) is 48.6 Å². The number of rotatable bonds is 5. The molecular formula is C22H28N2O2. The molecule has 4 nitrogen and oxygen atoms in total. The van der Waals surface area contributed by atoms with E-state index in [0.29, 0.717) is 17.9 Å². The number of fused-ring (bicyclic) bond motifs is 1. The lowest BCUT2D eigenvalue weighted by Crippen LogP contribution is -2.44. The molecule has 1 fully saturated rings. The minimum Gasteiger partial charge on any atom is -0.402 e. The Hall–Kier alpha value is -2.04. The van der Waals surface area contributed by atoms with E-state index in [1.54, 1.807) is 0 Å². The maximum absolute atomic E-state index is 6.28. The topological polar surface area (TPSA) is 47.7 Å². The van der Waals surface area contributed by atoms with Crippen molar-refractivity contribution >= 4 is 0 Å².